The van der Waals surface area contributed by atoms with Crippen LogP contribution in [0.2, 0.25) is 0 Å². The summed E-state index contributed by atoms with van der Waals surface area (Å²) in [7, 11) is -18.1. The smallest absolute Gasteiger partial charge is 0.690 e. The Morgan fingerprint density at radius 3 is 0.791 bits per heavy atom. The minimum atomic E-state index is -4.53. The maximum absolute atomic E-state index is 11.6. The maximum Gasteiger partial charge on any atom is 2.00 e. The molecule has 0 heterocycles. The molecule has 0 bridgehead atoms. The summed E-state index contributed by atoms with van der Waals surface area (Å²) in [6, 6.07) is 0. The largest absolute Gasteiger partial charge is 2.00 e. The van der Waals surface area contributed by atoms with Crippen molar-refractivity contribution < 1.29 is 92.6 Å². The van der Waals surface area contributed by atoms with Crippen LogP contribution in [0.5, 0.6) is 0 Å². The normalized spacial score (nSPS) is 20.0. The minimum Gasteiger partial charge on any atom is -0.690 e. The quantitative estimate of drug-likeness (QED) is 0.0324. The van der Waals surface area contributed by atoms with Crippen molar-refractivity contribution in [2.45, 2.75) is 79.1 Å². The molecule has 4 unspecified atom stereocenters. The van der Waals surface area contributed by atoms with E-state index in [-0.39, 0.29) is 45.9 Å². The van der Waals surface area contributed by atoms with Gasteiger partial charge in [-0.3, -0.25) is 35.3 Å². The molecule has 0 aromatic carbocycles. The number of unbranched alkanes of at least 4 members (excludes halogenated alkanes) is 4. The van der Waals surface area contributed by atoms with Crippen LogP contribution in [0.25, 0.3) is 0 Å². The molecule has 0 rings (SSSR count). The minimum absolute atomic E-state index is 0. The van der Waals surface area contributed by atoms with Crippen molar-refractivity contribution in [1.29, 1.82) is 0 Å². The maximum atomic E-state index is 11.6. The summed E-state index contributed by atoms with van der Waals surface area (Å²) >= 11 is 18.6. The molecule has 0 fully saturated rings. The summed E-state index contributed by atoms with van der Waals surface area (Å²) in [6.07, 6.45) is 5.12. The van der Waals surface area contributed by atoms with E-state index >= 15 is 0 Å². The van der Waals surface area contributed by atoms with Crippen molar-refractivity contribution in [3.8, 4) is 0 Å². The fraction of sp³-hybridized carbons (Fsp3) is 1.00. The summed E-state index contributed by atoms with van der Waals surface area (Å²) in [5.74, 6) is 0. The van der Waals surface area contributed by atoms with Crippen molar-refractivity contribution in [3.05, 3.63) is 0 Å². The zero-order chi connectivity index (χ0) is 33.1. The third kappa shape index (κ3) is 32.0. The van der Waals surface area contributed by atoms with Gasteiger partial charge in [-0.05, 0) is 25.7 Å². The Labute approximate surface area is 287 Å². The molecule has 0 aliphatic carbocycles. The van der Waals surface area contributed by atoms with Crippen molar-refractivity contribution in [2.75, 3.05) is 26.4 Å². The van der Waals surface area contributed by atoms with Gasteiger partial charge in [0.1, 0.15) is 0 Å². The van der Waals surface area contributed by atoms with E-state index in [4.69, 9.17) is 0 Å². The fourth-order valence-corrected chi connectivity index (χ4v) is 15.0. The Morgan fingerprint density at radius 2 is 0.651 bits per heavy atom. The Morgan fingerprint density at radius 1 is 0.488 bits per heavy atom. The number of hydrogen-bond donors (Lipinski definition) is 4. The zero-order valence-electron chi connectivity index (χ0n) is 24.2. The van der Waals surface area contributed by atoms with E-state index in [0.717, 1.165) is 25.7 Å². The van der Waals surface area contributed by atoms with E-state index in [1.165, 1.54) is 0 Å². The van der Waals surface area contributed by atoms with Crippen LogP contribution in [-0.4, -0.2) is 46.0 Å². The molecule has 0 spiro atoms. The first-order valence-electron chi connectivity index (χ1n) is 12.4. The molecule has 43 heavy (non-hydrogen) atoms. The van der Waals surface area contributed by atoms with Gasteiger partial charge in [0, 0.05) is 0 Å². The second kappa shape index (κ2) is 25.1. The van der Waals surface area contributed by atoms with Crippen LogP contribution >= 0.6 is 42.7 Å². The Hall–Kier alpha value is 3.06. The Kier molecular flexibility index (Phi) is 29.4. The molecule has 4 atom stereocenters. The molecule has 27 heteroatoms. The predicted octanol–water partition coefficient (Wildman–Crippen LogP) is 7.25. The van der Waals surface area contributed by atoms with E-state index in [1.807, 2.05) is 27.7 Å². The van der Waals surface area contributed by atoms with Gasteiger partial charge in [-0.15, -0.1) is 0 Å². The number of phosphoric ester groups is 4. The van der Waals surface area contributed by atoms with Crippen LogP contribution < -0.4 is 0 Å². The molecule has 0 aliphatic heterocycles. The van der Waals surface area contributed by atoms with Gasteiger partial charge in [0.2, 0.25) is 0 Å². The first-order valence-corrected chi connectivity index (χ1v) is 25.7. The molecule has 16 nitrogen and oxygen atoms in total. The van der Waals surface area contributed by atoms with Crippen molar-refractivity contribution in [2.24, 2.45) is 0 Å². The Bertz CT molecular complexity index is 905. The number of hydrogen-bond acceptors (Lipinski definition) is 16. The van der Waals surface area contributed by atoms with Crippen molar-refractivity contribution in [1.82, 2.24) is 0 Å². The topological polar surface area (TPSA) is 223 Å². The number of phosphoric acid groups is 4. The van der Waals surface area contributed by atoms with Gasteiger partial charge in [-0.1, -0.05) is 77.0 Å². The molecular formula is C16H40O16P6S4Zn. The second-order valence-electron chi connectivity index (χ2n) is 7.84. The van der Waals surface area contributed by atoms with Gasteiger partial charge < -0.3 is 44.1 Å². The van der Waals surface area contributed by atoms with Gasteiger partial charge in [0.05, 0.1) is 37.8 Å². The van der Waals surface area contributed by atoms with Crippen LogP contribution in [0, 0.1) is 0 Å². The van der Waals surface area contributed by atoms with E-state index in [1.54, 1.807) is 0 Å². The van der Waals surface area contributed by atoms with Gasteiger partial charge in [0.25, 0.3) is 0 Å². The average molecular weight is 868 g/mol. The Balaban J connectivity index is -0.000000727. The van der Waals surface area contributed by atoms with Crippen LogP contribution in [0.15, 0.2) is 0 Å². The summed E-state index contributed by atoms with van der Waals surface area (Å²) in [5, 5.41) is 0. The average Bonchev–Trinajstić information content (AvgIpc) is 2.76. The molecule has 0 radical (unpaired) electrons. The summed E-state index contributed by atoms with van der Waals surface area (Å²) < 4.78 is 82.7. The van der Waals surface area contributed by atoms with Crippen molar-refractivity contribution in [3.63, 3.8) is 0 Å². The SMILES string of the molecule is CCCCOP(=O)(O)OP(=S)([S-])OP(=O)(O)OCCCC.CCCCOP(=O)(O)OP(=S)([S-])OP(=O)(O)OCCCC.[Zn+2]. The standard InChI is InChI=1S/2C8H21O8P3S2.Zn/c2*1-3-5-7-13-17(9,10)15-19(20,21)16-18(11,12)14-8-6-4-2;/h2*3-8H2,1-2H3,(H,9,10)(H,11,12)(H,20,21);/q;;+2/p-2. The molecule has 256 valence electrons. The first kappa shape index (κ1) is 50.4. The van der Waals surface area contributed by atoms with E-state index in [0.29, 0.717) is 25.7 Å². The van der Waals surface area contributed by atoms with E-state index in [2.05, 4.69) is 83.4 Å². The van der Waals surface area contributed by atoms with E-state index in [9.17, 15) is 37.8 Å². The number of rotatable bonds is 24. The van der Waals surface area contributed by atoms with Gasteiger partial charge in [-0.25, -0.2) is 18.3 Å². The van der Waals surface area contributed by atoms with Crippen LogP contribution in [-0.2, 0) is 121 Å². The molecule has 0 amide bonds. The molecule has 0 saturated carbocycles. The van der Waals surface area contributed by atoms with E-state index < -0.39 is 42.7 Å². The molecule has 0 aromatic rings. The third-order valence-corrected chi connectivity index (χ3v) is 17.2. The predicted molar refractivity (Wildman–Crippen MR) is 170 cm³/mol. The van der Waals surface area contributed by atoms with Crippen LogP contribution in [0.4, 0.5) is 0 Å². The van der Waals surface area contributed by atoms with Gasteiger partial charge >= 0.3 is 50.8 Å². The van der Waals surface area contributed by atoms with Crippen molar-refractivity contribution >= 4 is 90.8 Å². The zero-order valence-corrected chi connectivity index (χ0v) is 35.8. The second-order valence-corrected chi connectivity index (χ2v) is 24.2. The third-order valence-electron chi connectivity index (χ3n) is 3.82. The van der Waals surface area contributed by atoms with Crippen LogP contribution in [0.1, 0.15) is 79.1 Å². The molecule has 4 N–H and O–H groups in total. The first-order chi connectivity index (χ1) is 19.1. The summed E-state index contributed by atoms with van der Waals surface area (Å²) in [6.45, 7) is 7.34. The van der Waals surface area contributed by atoms with Gasteiger partial charge in [0.15, 0.2) is 0 Å². The molecule has 0 saturated heterocycles. The molecule has 0 aliphatic rings. The molecule has 0 aromatic heterocycles. The van der Waals surface area contributed by atoms with Crippen LogP contribution in [0.3, 0.4) is 0 Å². The monoisotopic (exact) mass is 866 g/mol. The fourth-order valence-electron chi connectivity index (χ4n) is 1.93. The molecular weight excluding hydrogens is 828 g/mol. The summed E-state index contributed by atoms with van der Waals surface area (Å²) in [4.78, 5) is 37.6. The summed E-state index contributed by atoms with van der Waals surface area (Å²) in [5.41, 5.74) is -7.78. The van der Waals surface area contributed by atoms with Gasteiger partial charge in [-0.2, -0.15) is 0 Å².